The third-order valence-electron chi connectivity index (χ3n) is 10.3. The molecule has 0 saturated carbocycles. The van der Waals surface area contributed by atoms with Crippen LogP contribution in [0.3, 0.4) is 0 Å². The van der Waals surface area contributed by atoms with E-state index < -0.39 is 0 Å². The Hall–Kier alpha value is -8.92. The average molecular weight is 845 g/mol. The van der Waals surface area contributed by atoms with Gasteiger partial charge in [0.1, 0.15) is 40.1 Å². The largest absolute Gasteiger partial charge is 0.507 e. The molecular weight excluding hydrogens is 809 g/mol. The van der Waals surface area contributed by atoms with Gasteiger partial charge in [-0.05, 0) is 97.1 Å². The van der Waals surface area contributed by atoms with Crippen molar-refractivity contribution < 1.29 is 20.4 Å². The standard InChI is InChI=1S/C48H36N12O4/c61-45-29-14-31-20-42(58-54-38-4-1-9-50-26-38)22-33(46(31)62)16-35-24-44(60-56-40-6-3-11-52-28-40)25-36(48(35)64)17-34-23-43(59-55-39-5-2-10-51-27-39)21-32(47(34)63)15-30(45)19-41(18-29)57-53-37-7-12-49-13-8-37/h1-13,18-28,61-64H,14-17H2. The number of aromatic nitrogens is 4. The maximum atomic E-state index is 12.1. The molecule has 312 valence electrons. The quantitative estimate of drug-likeness (QED) is 0.107. The van der Waals surface area contributed by atoms with Crippen LogP contribution in [0.25, 0.3) is 0 Å². The van der Waals surface area contributed by atoms with E-state index >= 15 is 0 Å². The second-order valence-electron chi connectivity index (χ2n) is 14.8. The van der Waals surface area contributed by atoms with Crippen molar-refractivity contribution in [2.45, 2.75) is 25.7 Å². The molecule has 0 saturated heterocycles. The molecule has 16 heteroatoms. The van der Waals surface area contributed by atoms with Crippen LogP contribution in [0.5, 0.6) is 23.0 Å². The minimum atomic E-state index is -0.0776. The summed E-state index contributed by atoms with van der Waals surface area (Å²) in [7, 11) is 0. The van der Waals surface area contributed by atoms with Crippen molar-refractivity contribution in [1.29, 1.82) is 0 Å². The lowest BCUT2D eigenvalue weighted by molar-refractivity contribution is 0.450. The number of aromatic hydroxyl groups is 4. The van der Waals surface area contributed by atoms with Gasteiger partial charge >= 0.3 is 0 Å². The molecule has 8 aromatic rings. The van der Waals surface area contributed by atoms with Crippen LogP contribution in [0.4, 0.5) is 45.5 Å². The van der Waals surface area contributed by atoms with Crippen molar-refractivity contribution in [3.63, 3.8) is 0 Å². The van der Waals surface area contributed by atoms with Crippen LogP contribution in [0.15, 0.2) is 188 Å². The van der Waals surface area contributed by atoms with Crippen molar-refractivity contribution in [3.8, 4) is 23.0 Å². The molecule has 0 atom stereocenters. The smallest absolute Gasteiger partial charge is 0.122 e. The van der Waals surface area contributed by atoms with E-state index in [9.17, 15) is 20.4 Å². The Balaban J connectivity index is 1.24. The second-order valence-corrected chi connectivity index (χ2v) is 14.8. The van der Waals surface area contributed by atoms with Gasteiger partial charge in [0.05, 0.1) is 47.0 Å². The minimum Gasteiger partial charge on any atom is -0.507 e. The van der Waals surface area contributed by atoms with Crippen LogP contribution in [-0.4, -0.2) is 40.4 Å². The first kappa shape index (κ1) is 40.5. The highest BCUT2D eigenvalue weighted by molar-refractivity contribution is 5.64. The van der Waals surface area contributed by atoms with Crippen molar-refractivity contribution in [3.05, 3.63) is 191 Å². The number of rotatable bonds is 8. The van der Waals surface area contributed by atoms with E-state index in [1.165, 1.54) is 0 Å². The van der Waals surface area contributed by atoms with Crippen molar-refractivity contribution in [2.24, 2.45) is 40.9 Å². The predicted molar refractivity (Wildman–Crippen MR) is 237 cm³/mol. The molecule has 9 rings (SSSR count). The van der Waals surface area contributed by atoms with Crippen molar-refractivity contribution in [2.75, 3.05) is 0 Å². The summed E-state index contributed by atoms with van der Waals surface area (Å²) in [5.74, 6) is -0.307. The predicted octanol–water partition coefficient (Wildman–Crippen LogP) is 12.4. The molecule has 16 nitrogen and oxygen atoms in total. The summed E-state index contributed by atoms with van der Waals surface area (Å²) in [5.41, 5.74) is 7.00. The van der Waals surface area contributed by atoms with Crippen LogP contribution in [0.1, 0.15) is 44.5 Å². The molecule has 1 aliphatic carbocycles. The fourth-order valence-corrected chi connectivity index (χ4v) is 7.21. The van der Waals surface area contributed by atoms with E-state index in [2.05, 4.69) is 60.8 Å². The first-order valence-electron chi connectivity index (χ1n) is 20.0. The Labute approximate surface area is 365 Å². The normalized spacial score (nSPS) is 12.8. The fraction of sp³-hybridized carbons (Fsp3) is 0.0833. The molecule has 1 aliphatic rings. The molecule has 0 radical (unpaired) electrons. The Morgan fingerprint density at radius 1 is 0.281 bits per heavy atom. The van der Waals surface area contributed by atoms with Gasteiger partial charge in [0.2, 0.25) is 0 Å². The summed E-state index contributed by atoms with van der Waals surface area (Å²) >= 11 is 0. The lowest BCUT2D eigenvalue weighted by atomic mass is 9.90. The Kier molecular flexibility index (Phi) is 11.6. The lowest BCUT2D eigenvalue weighted by Gasteiger charge is -2.18. The zero-order chi connectivity index (χ0) is 43.8. The number of phenols is 4. The van der Waals surface area contributed by atoms with Gasteiger partial charge < -0.3 is 20.4 Å². The van der Waals surface area contributed by atoms with E-state index in [-0.39, 0.29) is 48.7 Å². The Morgan fingerprint density at radius 2 is 0.531 bits per heavy atom. The van der Waals surface area contributed by atoms with E-state index in [0.717, 1.165) is 0 Å². The lowest BCUT2D eigenvalue weighted by Crippen LogP contribution is -2.01. The highest BCUT2D eigenvalue weighted by Gasteiger charge is 2.22. The number of pyridine rings is 4. The summed E-state index contributed by atoms with van der Waals surface area (Å²) in [6.07, 6.45) is 12.9. The molecule has 8 bridgehead atoms. The average Bonchev–Trinajstić information content (AvgIpc) is 3.32. The maximum absolute atomic E-state index is 12.1. The van der Waals surface area contributed by atoms with Crippen molar-refractivity contribution >= 4 is 45.5 Å². The molecule has 4 aromatic carbocycles. The van der Waals surface area contributed by atoms with E-state index in [1.54, 1.807) is 147 Å². The molecule has 64 heavy (non-hydrogen) atoms. The number of azo groups is 4. The SMILES string of the molecule is Oc1c2cc(N=Nc3ccncc3)cc1Cc1cc(N=Nc3cccnc3)cc(c1O)Cc1cc(N=Nc3cccnc3)cc(c1O)Cc1cc(N=Nc3cccnc3)cc(c1O)C2. The topological polar surface area (TPSA) is 231 Å². The zero-order valence-electron chi connectivity index (χ0n) is 33.8. The van der Waals surface area contributed by atoms with Gasteiger partial charge in [-0.3, -0.25) is 19.9 Å². The second kappa shape index (κ2) is 18.4. The summed E-state index contributed by atoms with van der Waals surface area (Å²) in [6.45, 7) is 0. The van der Waals surface area contributed by atoms with E-state index in [0.29, 0.717) is 90.0 Å². The van der Waals surface area contributed by atoms with Gasteiger partial charge in [-0.1, -0.05) is 0 Å². The molecule has 0 spiro atoms. The molecule has 4 N–H and O–H groups in total. The molecule has 4 aromatic heterocycles. The summed E-state index contributed by atoms with van der Waals surface area (Å²) in [4.78, 5) is 16.5. The van der Waals surface area contributed by atoms with Crippen LogP contribution < -0.4 is 0 Å². The highest BCUT2D eigenvalue weighted by Crippen LogP contribution is 2.43. The third kappa shape index (κ3) is 9.50. The molecule has 0 amide bonds. The number of phenolic OH excluding ortho intramolecular Hbond substituents is 4. The Morgan fingerprint density at radius 3 is 0.781 bits per heavy atom. The first-order chi connectivity index (χ1) is 31.3. The van der Waals surface area contributed by atoms with Crippen molar-refractivity contribution in [1.82, 2.24) is 19.9 Å². The zero-order valence-corrected chi connectivity index (χ0v) is 33.8. The molecule has 4 heterocycles. The van der Waals surface area contributed by atoms with Crippen LogP contribution >= 0.6 is 0 Å². The highest BCUT2D eigenvalue weighted by atomic mass is 16.3. The fourth-order valence-electron chi connectivity index (χ4n) is 7.21. The molecule has 0 fully saturated rings. The number of nitrogens with zero attached hydrogens (tertiary/aromatic N) is 12. The summed E-state index contributed by atoms with van der Waals surface area (Å²) in [6, 6.07) is 27.4. The van der Waals surface area contributed by atoms with Crippen LogP contribution in [0, 0.1) is 0 Å². The number of hydrogen-bond acceptors (Lipinski definition) is 16. The summed E-state index contributed by atoms with van der Waals surface area (Å²) < 4.78 is 0. The van der Waals surface area contributed by atoms with Crippen LogP contribution in [-0.2, 0) is 25.7 Å². The van der Waals surface area contributed by atoms with Crippen LogP contribution in [0.2, 0.25) is 0 Å². The van der Waals surface area contributed by atoms with Gasteiger partial charge in [0.25, 0.3) is 0 Å². The molecule has 0 unspecified atom stereocenters. The van der Waals surface area contributed by atoms with Gasteiger partial charge in [0.15, 0.2) is 0 Å². The number of fused-ring (bicyclic) bond motifs is 8. The van der Waals surface area contributed by atoms with E-state index in [4.69, 9.17) is 0 Å². The molecule has 0 aliphatic heterocycles. The van der Waals surface area contributed by atoms with Gasteiger partial charge in [-0.25, -0.2) is 0 Å². The molecular formula is C48H36N12O4. The van der Waals surface area contributed by atoms with Gasteiger partial charge in [-0.2, -0.15) is 25.6 Å². The summed E-state index contributed by atoms with van der Waals surface area (Å²) in [5, 5.41) is 83.8. The Bertz CT molecular complexity index is 2580. The number of benzene rings is 4. The van der Waals surface area contributed by atoms with E-state index in [1.807, 2.05) is 0 Å². The van der Waals surface area contributed by atoms with Gasteiger partial charge in [0, 0.05) is 101 Å². The van der Waals surface area contributed by atoms with Gasteiger partial charge in [-0.15, -0.1) is 15.3 Å². The maximum Gasteiger partial charge on any atom is 0.122 e. The monoisotopic (exact) mass is 844 g/mol. The minimum absolute atomic E-state index is 0.0121. The third-order valence-corrected chi connectivity index (χ3v) is 10.3. The number of hydrogen-bond donors (Lipinski definition) is 4. The first-order valence-corrected chi connectivity index (χ1v) is 20.0.